The van der Waals surface area contributed by atoms with E-state index >= 15 is 0 Å². The third-order valence-electron chi connectivity index (χ3n) is 3.13. The van der Waals surface area contributed by atoms with Crippen molar-refractivity contribution in [2.24, 2.45) is 4.99 Å². The number of ether oxygens (including phenoxy) is 1. The number of methoxy groups -OCH3 is 1. The molecule has 0 atom stereocenters. The Morgan fingerprint density at radius 1 is 1.23 bits per heavy atom. The van der Waals surface area contributed by atoms with E-state index in [2.05, 4.69) is 15.3 Å². The molecule has 0 bridgehead atoms. The van der Waals surface area contributed by atoms with Crippen molar-refractivity contribution < 1.29 is 9.53 Å². The van der Waals surface area contributed by atoms with Gasteiger partial charge in [-0.15, -0.1) is 0 Å². The summed E-state index contributed by atoms with van der Waals surface area (Å²) in [7, 11) is 1.56. The number of amidine groups is 1. The zero-order valence-corrected chi connectivity index (χ0v) is 12.5. The lowest BCUT2D eigenvalue weighted by Gasteiger charge is -2.05. The minimum atomic E-state index is -0.270. The summed E-state index contributed by atoms with van der Waals surface area (Å²) in [6.45, 7) is 0. The molecule has 0 radical (unpaired) electrons. The second-order valence-electron chi connectivity index (χ2n) is 4.57. The summed E-state index contributed by atoms with van der Waals surface area (Å²) in [6, 6.07) is 8.75. The van der Waals surface area contributed by atoms with Crippen LogP contribution in [-0.4, -0.2) is 23.8 Å². The number of carbonyl (C=O) groups excluding carboxylic acids is 1. The van der Waals surface area contributed by atoms with Crippen molar-refractivity contribution in [3.05, 3.63) is 64.6 Å². The summed E-state index contributed by atoms with van der Waals surface area (Å²) in [5.41, 5.74) is 1.79. The van der Waals surface area contributed by atoms with E-state index in [4.69, 9.17) is 16.3 Å². The molecule has 2 heterocycles. The number of amides is 1. The van der Waals surface area contributed by atoms with E-state index in [9.17, 15) is 4.79 Å². The van der Waals surface area contributed by atoms with Crippen LogP contribution in [0.1, 0.15) is 11.1 Å². The van der Waals surface area contributed by atoms with Crippen molar-refractivity contribution in [1.29, 1.82) is 0 Å². The minimum Gasteiger partial charge on any atom is -0.496 e. The van der Waals surface area contributed by atoms with Crippen molar-refractivity contribution in [1.82, 2.24) is 10.3 Å². The smallest absolute Gasteiger partial charge is 0.275 e. The van der Waals surface area contributed by atoms with Crippen LogP contribution in [-0.2, 0) is 4.79 Å². The molecule has 1 amide bonds. The van der Waals surface area contributed by atoms with Gasteiger partial charge in [-0.05, 0) is 36.4 Å². The molecule has 1 aliphatic heterocycles. The number of halogens is 1. The Hall–Kier alpha value is -2.66. The molecule has 5 nitrogen and oxygen atoms in total. The number of rotatable bonds is 3. The summed E-state index contributed by atoms with van der Waals surface area (Å²) in [4.78, 5) is 20.3. The zero-order valence-electron chi connectivity index (χ0n) is 11.7. The van der Waals surface area contributed by atoms with E-state index in [1.165, 1.54) is 0 Å². The molecule has 22 heavy (non-hydrogen) atoms. The Kier molecular flexibility index (Phi) is 3.89. The van der Waals surface area contributed by atoms with Crippen molar-refractivity contribution in [3.8, 4) is 5.75 Å². The fraction of sp³-hybridized carbons (Fsp3) is 0.0625. The van der Waals surface area contributed by atoms with Crippen molar-refractivity contribution in [3.63, 3.8) is 0 Å². The molecular weight excluding hydrogens is 302 g/mol. The van der Waals surface area contributed by atoms with Gasteiger partial charge in [0.15, 0.2) is 0 Å². The molecule has 0 saturated heterocycles. The topological polar surface area (TPSA) is 63.6 Å². The summed E-state index contributed by atoms with van der Waals surface area (Å²) in [6.07, 6.45) is 4.94. The monoisotopic (exact) mass is 313 g/mol. The maximum Gasteiger partial charge on any atom is 0.275 e. The lowest BCUT2D eigenvalue weighted by molar-refractivity contribution is -0.115. The van der Waals surface area contributed by atoms with Crippen LogP contribution in [0, 0.1) is 0 Å². The van der Waals surface area contributed by atoms with Crippen LogP contribution in [0.2, 0.25) is 5.02 Å². The van der Waals surface area contributed by atoms with Gasteiger partial charge >= 0.3 is 0 Å². The van der Waals surface area contributed by atoms with E-state index in [0.717, 1.165) is 5.56 Å². The average molecular weight is 314 g/mol. The maximum atomic E-state index is 12.1. The predicted octanol–water partition coefficient (Wildman–Crippen LogP) is 2.66. The third kappa shape index (κ3) is 2.84. The van der Waals surface area contributed by atoms with Gasteiger partial charge in [0.2, 0.25) is 0 Å². The van der Waals surface area contributed by atoms with Crippen molar-refractivity contribution in [2.75, 3.05) is 7.11 Å². The van der Waals surface area contributed by atoms with E-state index in [0.29, 0.717) is 27.9 Å². The largest absolute Gasteiger partial charge is 0.496 e. The lowest BCUT2D eigenvalue weighted by atomic mass is 10.1. The molecule has 0 saturated carbocycles. The van der Waals surface area contributed by atoms with E-state index < -0.39 is 0 Å². The van der Waals surface area contributed by atoms with Gasteiger partial charge in [0.25, 0.3) is 5.91 Å². The van der Waals surface area contributed by atoms with Crippen LogP contribution in [0.5, 0.6) is 5.75 Å². The first-order chi connectivity index (χ1) is 10.7. The second-order valence-corrected chi connectivity index (χ2v) is 5.00. The number of nitrogens with zero attached hydrogens (tertiary/aromatic N) is 2. The first-order valence-corrected chi connectivity index (χ1v) is 6.91. The summed E-state index contributed by atoms with van der Waals surface area (Å²) in [5, 5.41) is 3.29. The Morgan fingerprint density at radius 3 is 2.73 bits per heavy atom. The highest BCUT2D eigenvalue weighted by Crippen LogP contribution is 2.26. The Labute approximate surface area is 132 Å². The van der Waals surface area contributed by atoms with E-state index in [-0.39, 0.29) is 5.91 Å². The summed E-state index contributed by atoms with van der Waals surface area (Å²) in [5.74, 6) is 0.853. The molecule has 1 aromatic heterocycles. The van der Waals surface area contributed by atoms with Gasteiger partial charge in [-0.25, -0.2) is 4.99 Å². The van der Waals surface area contributed by atoms with Crippen LogP contribution in [0.3, 0.4) is 0 Å². The highest BCUT2D eigenvalue weighted by atomic mass is 35.5. The van der Waals surface area contributed by atoms with Crippen LogP contribution >= 0.6 is 11.6 Å². The lowest BCUT2D eigenvalue weighted by Crippen LogP contribution is -2.24. The molecule has 0 aliphatic carbocycles. The van der Waals surface area contributed by atoms with Crippen LogP contribution in [0.15, 0.2) is 53.4 Å². The molecule has 6 heteroatoms. The molecule has 1 aromatic carbocycles. The summed E-state index contributed by atoms with van der Waals surface area (Å²) < 4.78 is 5.27. The number of nitrogens with one attached hydrogen (secondary N) is 1. The van der Waals surface area contributed by atoms with Gasteiger partial charge in [-0.2, -0.15) is 0 Å². The van der Waals surface area contributed by atoms with Gasteiger partial charge in [-0.3, -0.25) is 9.78 Å². The average Bonchev–Trinajstić information content (AvgIpc) is 2.90. The van der Waals surface area contributed by atoms with Crippen molar-refractivity contribution >= 4 is 29.4 Å². The third-order valence-corrected chi connectivity index (χ3v) is 3.37. The normalized spacial score (nSPS) is 15.6. The molecule has 110 valence electrons. The second kappa shape index (κ2) is 5.99. The van der Waals surface area contributed by atoms with Gasteiger partial charge in [0.1, 0.15) is 17.3 Å². The summed E-state index contributed by atoms with van der Waals surface area (Å²) >= 11 is 5.99. The quantitative estimate of drug-likeness (QED) is 0.886. The highest BCUT2D eigenvalue weighted by Gasteiger charge is 2.21. The Morgan fingerprint density at radius 2 is 2.00 bits per heavy atom. The number of carbonyl (C=O) groups is 1. The number of hydrogen-bond acceptors (Lipinski definition) is 4. The Balaban J connectivity index is 2.00. The molecule has 1 aliphatic rings. The molecule has 0 fully saturated rings. The highest BCUT2D eigenvalue weighted by molar-refractivity contribution is 6.30. The number of pyridine rings is 1. The number of aliphatic imine (C=N–C) groups is 1. The Bertz CT molecular complexity index is 785. The SMILES string of the molecule is COc1ccc(Cl)cc1/C=C1/N=C(c2ccncc2)NC1=O. The molecule has 0 spiro atoms. The van der Waals surface area contributed by atoms with Crippen LogP contribution in [0.4, 0.5) is 0 Å². The molecule has 3 rings (SSSR count). The van der Waals surface area contributed by atoms with Gasteiger partial charge in [0.05, 0.1) is 7.11 Å². The first-order valence-electron chi connectivity index (χ1n) is 6.53. The van der Waals surface area contributed by atoms with E-state index in [1.54, 1.807) is 55.9 Å². The van der Waals surface area contributed by atoms with E-state index in [1.807, 2.05) is 0 Å². The molecule has 0 unspecified atom stereocenters. The number of aromatic nitrogens is 1. The van der Waals surface area contributed by atoms with Crippen molar-refractivity contribution in [2.45, 2.75) is 0 Å². The van der Waals surface area contributed by atoms with Crippen LogP contribution in [0.25, 0.3) is 6.08 Å². The van der Waals surface area contributed by atoms with Gasteiger partial charge in [-0.1, -0.05) is 11.6 Å². The minimum absolute atomic E-state index is 0.270. The number of hydrogen-bond donors (Lipinski definition) is 1. The maximum absolute atomic E-state index is 12.1. The zero-order chi connectivity index (χ0) is 15.5. The molecule has 2 aromatic rings. The fourth-order valence-electron chi connectivity index (χ4n) is 2.08. The predicted molar refractivity (Wildman–Crippen MR) is 84.9 cm³/mol. The molecular formula is C16H12ClN3O2. The first kappa shape index (κ1) is 14.3. The van der Waals surface area contributed by atoms with Crippen LogP contribution < -0.4 is 10.1 Å². The van der Waals surface area contributed by atoms with Gasteiger partial charge in [0, 0.05) is 28.5 Å². The molecule has 1 N–H and O–H groups in total. The van der Waals surface area contributed by atoms with Gasteiger partial charge < -0.3 is 10.1 Å². The standard InChI is InChI=1S/C16H12ClN3O2/c1-22-14-3-2-12(17)8-11(14)9-13-16(21)20-15(19-13)10-4-6-18-7-5-10/h2-9H,1H3,(H,19,20,21)/b13-9+. The fourth-order valence-corrected chi connectivity index (χ4v) is 2.26. The number of benzene rings is 1.